The molecule has 0 amide bonds. The normalized spacial score (nSPS) is 24.6. The predicted molar refractivity (Wildman–Crippen MR) is 64.8 cm³/mol. The van der Waals surface area contributed by atoms with Gasteiger partial charge in [0.1, 0.15) is 6.10 Å². The van der Waals surface area contributed by atoms with Crippen LogP contribution in [0.25, 0.3) is 10.9 Å². The lowest BCUT2D eigenvalue weighted by molar-refractivity contribution is -0.0338. The average Bonchev–Trinajstić information content (AvgIpc) is 2.66. The second-order valence-electron chi connectivity index (χ2n) is 4.84. The highest BCUT2D eigenvalue weighted by molar-refractivity contribution is 5.82. The van der Waals surface area contributed by atoms with Crippen molar-refractivity contribution in [3.05, 3.63) is 30.0 Å². The smallest absolute Gasteiger partial charge is 0.105 e. The first-order valence-electron chi connectivity index (χ1n) is 6.21. The molecule has 0 radical (unpaired) electrons. The minimum atomic E-state index is 0.220. The van der Waals surface area contributed by atoms with Crippen molar-refractivity contribution < 1.29 is 4.74 Å². The van der Waals surface area contributed by atoms with E-state index in [0.29, 0.717) is 5.92 Å². The molecule has 0 aliphatic carbocycles. The van der Waals surface area contributed by atoms with Gasteiger partial charge in [-0.05, 0) is 6.07 Å². The molecule has 17 heavy (non-hydrogen) atoms. The first kappa shape index (κ1) is 9.62. The third-order valence-corrected chi connectivity index (χ3v) is 3.80. The van der Waals surface area contributed by atoms with Crippen molar-refractivity contribution >= 4 is 10.9 Å². The van der Waals surface area contributed by atoms with Crippen molar-refractivity contribution in [3.8, 4) is 0 Å². The van der Waals surface area contributed by atoms with E-state index >= 15 is 0 Å². The summed E-state index contributed by atoms with van der Waals surface area (Å²) in [7, 11) is 0. The number of ether oxygens (including phenoxy) is 1. The summed E-state index contributed by atoms with van der Waals surface area (Å²) in [4.78, 5) is 0. The highest BCUT2D eigenvalue weighted by Crippen LogP contribution is 2.35. The lowest BCUT2D eigenvalue weighted by atomic mass is 9.92. The number of nitrogens with zero attached hydrogens (tertiary/aromatic N) is 2. The SMILES string of the molecule is c1ccc2c3n(nc2c1)CCOC3C1CNC1. The zero-order valence-electron chi connectivity index (χ0n) is 9.60. The molecule has 2 aromatic rings. The van der Waals surface area contributed by atoms with Crippen LogP contribution in [0.15, 0.2) is 24.3 Å². The van der Waals surface area contributed by atoms with E-state index in [1.54, 1.807) is 0 Å². The van der Waals surface area contributed by atoms with Gasteiger partial charge in [-0.3, -0.25) is 4.68 Å². The summed E-state index contributed by atoms with van der Waals surface area (Å²) in [5.74, 6) is 0.606. The molecule has 88 valence electrons. The second-order valence-corrected chi connectivity index (χ2v) is 4.84. The molecule has 4 nitrogen and oxygen atoms in total. The maximum atomic E-state index is 5.97. The Balaban J connectivity index is 1.89. The fraction of sp³-hybridized carbons (Fsp3) is 0.462. The largest absolute Gasteiger partial charge is 0.370 e. The van der Waals surface area contributed by atoms with Gasteiger partial charge in [-0.2, -0.15) is 5.10 Å². The summed E-state index contributed by atoms with van der Waals surface area (Å²) < 4.78 is 8.11. The van der Waals surface area contributed by atoms with E-state index in [-0.39, 0.29) is 6.10 Å². The molecule has 4 rings (SSSR count). The summed E-state index contributed by atoms with van der Waals surface area (Å²) in [6, 6.07) is 8.36. The van der Waals surface area contributed by atoms with Crippen LogP contribution >= 0.6 is 0 Å². The summed E-state index contributed by atoms with van der Waals surface area (Å²) in [5.41, 5.74) is 2.36. The molecule has 1 aromatic heterocycles. The Kier molecular flexibility index (Phi) is 2.01. The van der Waals surface area contributed by atoms with Crippen LogP contribution in [0.3, 0.4) is 0 Å². The topological polar surface area (TPSA) is 39.1 Å². The van der Waals surface area contributed by atoms with Gasteiger partial charge in [0.2, 0.25) is 0 Å². The van der Waals surface area contributed by atoms with Crippen molar-refractivity contribution in [2.75, 3.05) is 19.7 Å². The molecular formula is C13H15N3O. The Labute approximate surface area is 99.6 Å². The van der Waals surface area contributed by atoms with E-state index in [1.807, 2.05) is 6.07 Å². The maximum absolute atomic E-state index is 5.97. The molecule has 4 heteroatoms. The van der Waals surface area contributed by atoms with Gasteiger partial charge in [-0.15, -0.1) is 0 Å². The number of aromatic nitrogens is 2. The summed E-state index contributed by atoms with van der Waals surface area (Å²) in [6.45, 7) is 3.77. The fourth-order valence-corrected chi connectivity index (χ4v) is 2.80. The van der Waals surface area contributed by atoms with Crippen LogP contribution in [-0.2, 0) is 11.3 Å². The number of fused-ring (bicyclic) bond motifs is 3. The zero-order chi connectivity index (χ0) is 11.2. The minimum Gasteiger partial charge on any atom is -0.370 e. The quantitative estimate of drug-likeness (QED) is 0.801. The second kappa shape index (κ2) is 3.55. The molecule has 1 atom stereocenters. The molecule has 1 saturated heterocycles. The van der Waals surface area contributed by atoms with E-state index in [4.69, 9.17) is 4.74 Å². The molecule has 0 spiro atoms. The summed E-state index contributed by atoms with van der Waals surface area (Å²) in [5, 5.41) is 9.23. The van der Waals surface area contributed by atoms with E-state index in [2.05, 4.69) is 33.3 Å². The maximum Gasteiger partial charge on any atom is 0.105 e. The molecule has 1 unspecified atom stereocenters. The van der Waals surface area contributed by atoms with Crippen molar-refractivity contribution in [1.29, 1.82) is 0 Å². The van der Waals surface area contributed by atoms with Gasteiger partial charge >= 0.3 is 0 Å². The van der Waals surface area contributed by atoms with Gasteiger partial charge in [-0.1, -0.05) is 18.2 Å². The summed E-state index contributed by atoms with van der Waals surface area (Å²) in [6.07, 6.45) is 0.220. The average molecular weight is 229 g/mol. The molecule has 2 aliphatic heterocycles. The van der Waals surface area contributed by atoms with Crippen molar-refractivity contribution in [1.82, 2.24) is 15.1 Å². The molecular weight excluding hydrogens is 214 g/mol. The van der Waals surface area contributed by atoms with Crippen LogP contribution in [-0.4, -0.2) is 29.5 Å². The van der Waals surface area contributed by atoms with Gasteiger partial charge in [0.05, 0.1) is 24.4 Å². The fourth-order valence-electron chi connectivity index (χ4n) is 2.80. The number of hydrogen-bond acceptors (Lipinski definition) is 3. The van der Waals surface area contributed by atoms with Crippen LogP contribution in [0.2, 0.25) is 0 Å². The molecule has 1 aromatic carbocycles. The summed E-state index contributed by atoms with van der Waals surface area (Å²) >= 11 is 0. The van der Waals surface area contributed by atoms with E-state index in [0.717, 1.165) is 31.8 Å². The molecule has 3 heterocycles. The van der Waals surface area contributed by atoms with Crippen molar-refractivity contribution in [2.24, 2.45) is 5.92 Å². The highest BCUT2D eigenvalue weighted by Gasteiger charge is 2.35. The molecule has 1 fully saturated rings. The lowest BCUT2D eigenvalue weighted by Gasteiger charge is -2.37. The Hall–Kier alpha value is -1.39. The zero-order valence-corrected chi connectivity index (χ0v) is 9.60. The van der Waals surface area contributed by atoms with Crippen LogP contribution in [0.4, 0.5) is 0 Å². The molecule has 0 saturated carbocycles. The van der Waals surface area contributed by atoms with Gasteiger partial charge < -0.3 is 10.1 Å². The van der Waals surface area contributed by atoms with Gasteiger partial charge in [-0.25, -0.2) is 0 Å². The van der Waals surface area contributed by atoms with Crippen LogP contribution in [0.5, 0.6) is 0 Å². The van der Waals surface area contributed by atoms with Gasteiger partial charge in [0, 0.05) is 24.4 Å². The van der Waals surface area contributed by atoms with E-state index < -0.39 is 0 Å². The lowest BCUT2D eigenvalue weighted by Crippen LogP contribution is -2.47. The monoisotopic (exact) mass is 229 g/mol. The van der Waals surface area contributed by atoms with Crippen LogP contribution < -0.4 is 5.32 Å². The Morgan fingerprint density at radius 2 is 2.18 bits per heavy atom. The number of nitrogens with one attached hydrogen (secondary N) is 1. The van der Waals surface area contributed by atoms with Gasteiger partial charge in [0.15, 0.2) is 0 Å². The van der Waals surface area contributed by atoms with Crippen LogP contribution in [0, 0.1) is 5.92 Å². The number of benzene rings is 1. The Bertz CT molecular complexity index is 559. The first-order chi connectivity index (χ1) is 8.43. The third-order valence-electron chi connectivity index (χ3n) is 3.80. The van der Waals surface area contributed by atoms with Crippen molar-refractivity contribution in [3.63, 3.8) is 0 Å². The molecule has 2 aliphatic rings. The minimum absolute atomic E-state index is 0.220. The molecule has 1 N–H and O–H groups in total. The highest BCUT2D eigenvalue weighted by atomic mass is 16.5. The Morgan fingerprint density at radius 1 is 1.29 bits per heavy atom. The Morgan fingerprint density at radius 3 is 3.00 bits per heavy atom. The number of rotatable bonds is 1. The number of hydrogen-bond donors (Lipinski definition) is 1. The van der Waals surface area contributed by atoms with Crippen molar-refractivity contribution in [2.45, 2.75) is 12.6 Å². The third kappa shape index (κ3) is 1.34. The first-order valence-corrected chi connectivity index (χ1v) is 6.21. The van der Waals surface area contributed by atoms with E-state index in [1.165, 1.54) is 11.1 Å². The van der Waals surface area contributed by atoms with Crippen LogP contribution in [0.1, 0.15) is 11.8 Å². The predicted octanol–water partition coefficient (Wildman–Crippen LogP) is 1.33. The molecule has 0 bridgehead atoms. The van der Waals surface area contributed by atoms with E-state index in [9.17, 15) is 0 Å². The standard InChI is InChI=1S/C13H15N3O/c1-2-4-11-10(3-1)12-13(9-7-14-8-9)17-6-5-16(12)15-11/h1-4,9,13-14H,5-8H2. The van der Waals surface area contributed by atoms with Gasteiger partial charge in [0.25, 0.3) is 0 Å².